The molecule has 0 saturated carbocycles. The number of halogens is 1. The van der Waals surface area contributed by atoms with Crippen LogP contribution in [0.15, 0.2) is 72.4 Å². The number of nitrogens with one attached hydrogen (secondary N) is 1. The molecular weight excluding hydrogens is 423 g/mol. The van der Waals surface area contributed by atoms with Crippen molar-refractivity contribution < 1.29 is 23.5 Å². The van der Waals surface area contributed by atoms with E-state index in [0.29, 0.717) is 28.3 Å². The topological polar surface area (TPSA) is 67.9 Å². The highest BCUT2D eigenvalue weighted by molar-refractivity contribution is 6.36. The predicted octanol–water partition coefficient (Wildman–Crippen LogP) is 4.54. The van der Waals surface area contributed by atoms with Gasteiger partial charge >= 0.3 is 0 Å². The van der Waals surface area contributed by atoms with Gasteiger partial charge in [0.25, 0.3) is 11.8 Å². The third-order valence-corrected chi connectivity index (χ3v) is 5.42. The minimum atomic E-state index is -0.463. The van der Waals surface area contributed by atoms with Gasteiger partial charge < -0.3 is 14.8 Å². The first-order valence-corrected chi connectivity index (χ1v) is 10.3. The van der Waals surface area contributed by atoms with E-state index >= 15 is 0 Å². The van der Waals surface area contributed by atoms with Crippen molar-refractivity contribution in [2.75, 3.05) is 19.5 Å². The Morgan fingerprint density at radius 3 is 2.15 bits per heavy atom. The maximum absolute atomic E-state index is 13.4. The number of methoxy groups -OCH3 is 2. The third-order valence-electron chi connectivity index (χ3n) is 5.42. The molecule has 0 atom stereocenters. The molecule has 168 valence electrons. The number of hydrogen-bond donors (Lipinski definition) is 1. The Bertz CT molecular complexity index is 1230. The fourth-order valence-corrected chi connectivity index (χ4v) is 3.65. The molecule has 0 unspecified atom stereocenters. The molecule has 0 bridgehead atoms. The van der Waals surface area contributed by atoms with E-state index in [0.717, 1.165) is 10.5 Å². The molecule has 7 heteroatoms. The zero-order chi connectivity index (χ0) is 23.5. The maximum Gasteiger partial charge on any atom is 0.278 e. The Labute approximate surface area is 191 Å². The zero-order valence-corrected chi connectivity index (χ0v) is 18.5. The lowest BCUT2D eigenvalue weighted by molar-refractivity contribution is -0.137. The highest BCUT2D eigenvalue weighted by atomic mass is 19.1. The molecule has 1 heterocycles. The fourth-order valence-electron chi connectivity index (χ4n) is 3.65. The van der Waals surface area contributed by atoms with Gasteiger partial charge in [-0.05, 0) is 42.3 Å². The van der Waals surface area contributed by atoms with Crippen molar-refractivity contribution in [3.8, 4) is 11.5 Å². The second-order valence-corrected chi connectivity index (χ2v) is 7.63. The van der Waals surface area contributed by atoms with Crippen molar-refractivity contribution in [1.29, 1.82) is 0 Å². The van der Waals surface area contributed by atoms with Crippen LogP contribution in [0.3, 0.4) is 0 Å². The van der Waals surface area contributed by atoms with E-state index in [1.807, 2.05) is 31.2 Å². The number of aryl methyl sites for hydroxylation is 1. The molecule has 0 fully saturated rings. The number of amides is 2. The summed E-state index contributed by atoms with van der Waals surface area (Å²) in [6.07, 6.45) is 0. The lowest BCUT2D eigenvalue weighted by Gasteiger charge is -2.16. The summed E-state index contributed by atoms with van der Waals surface area (Å²) in [6, 6.07) is 18.3. The molecule has 1 aliphatic heterocycles. The standard InChI is InChI=1S/C26H23FN2O4/c1-16-4-8-18(9-5-16)23-24(28-20-12-13-21(32-2)22(14-20)33-3)26(31)29(25(23)30)15-17-6-10-19(27)11-7-17/h4-14,28H,15H2,1-3H3. The van der Waals surface area contributed by atoms with Gasteiger partial charge in [-0.15, -0.1) is 0 Å². The van der Waals surface area contributed by atoms with Crippen LogP contribution in [-0.2, 0) is 16.1 Å². The summed E-state index contributed by atoms with van der Waals surface area (Å²) >= 11 is 0. The van der Waals surface area contributed by atoms with Crippen LogP contribution in [0, 0.1) is 12.7 Å². The highest BCUT2D eigenvalue weighted by Crippen LogP contribution is 2.34. The number of imide groups is 1. The van der Waals surface area contributed by atoms with Crippen molar-refractivity contribution in [2.24, 2.45) is 0 Å². The average molecular weight is 446 g/mol. The second-order valence-electron chi connectivity index (χ2n) is 7.63. The molecule has 0 radical (unpaired) electrons. The van der Waals surface area contributed by atoms with E-state index in [-0.39, 0.29) is 23.6 Å². The van der Waals surface area contributed by atoms with Gasteiger partial charge in [0, 0.05) is 11.8 Å². The quantitative estimate of drug-likeness (QED) is 0.540. The van der Waals surface area contributed by atoms with Gasteiger partial charge in [0.2, 0.25) is 0 Å². The van der Waals surface area contributed by atoms with Crippen molar-refractivity contribution >= 4 is 23.1 Å². The largest absolute Gasteiger partial charge is 0.493 e. The normalized spacial score (nSPS) is 13.5. The molecule has 4 rings (SSSR count). The minimum Gasteiger partial charge on any atom is -0.493 e. The molecule has 3 aromatic carbocycles. The summed E-state index contributed by atoms with van der Waals surface area (Å²) in [5, 5.41) is 3.11. The van der Waals surface area contributed by atoms with Crippen molar-refractivity contribution in [3.63, 3.8) is 0 Å². The predicted molar refractivity (Wildman–Crippen MR) is 123 cm³/mol. The zero-order valence-electron chi connectivity index (χ0n) is 18.5. The molecule has 0 spiro atoms. The lowest BCUT2D eigenvalue weighted by atomic mass is 10.0. The number of hydrogen-bond acceptors (Lipinski definition) is 5. The van der Waals surface area contributed by atoms with Gasteiger partial charge in [0.15, 0.2) is 11.5 Å². The fraction of sp³-hybridized carbons (Fsp3) is 0.154. The Kier molecular flexibility index (Phi) is 6.13. The first kappa shape index (κ1) is 22.1. The summed E-state index contributed by atoms with van der Waals surface area (Å²) in [7, 11) is 3.06. The number of ether oxygens (including phenoxy) is 2. The van der Waals surface area contributed by atoms with E-state index in [2.05, 4.69) is 5.32 Å². The van der Waals surface area contributed by atoms with Crippen LogP contribution in [0.1, 0.15) is 16.7 Å². The summed E-state index contributed by atoms with van der Waals surface area (Å²) in [5.41, 5.74) is 3.32. The molecule has 3 aromatic rings. The Balaban J connectivity index is 1.73. The molecule has 1 N–H and O–H groups in total. The van der Waals surface area contributed by atoms with Crippen LogP contribution >= 0.6 is 0 Å². The van der Waals surface area contributed by atoms with Crippen LogP contribution < -0.4 is 14.8 Å². The van der Waals surface area contributed by atoms with E-state index in [1.165, 1.54) is 26.4 Å². The molecule has 33 heavy (non-hydrogen) atoms. The summed E-state index contributed by atoms with van der Waals surface area (Å²) in [4.78, 5) is 27.9. The number of nitrogens with zero attached hydrogens (tertiary/aromatic N) is 1. The monoisotopic (exact) mass is 446 g/mol. The smallest absolute Gasteiger partial charge is 0.278 e. The molecule has 6 nitrogen and oxygen atoms in total. The maximum atomic E-state index is 13.4. The third kappa shape index (κ3) is 4.43. The molecular formula is C26H23FN2O4. The number of rotatable bonds is 7. The SMILES string of the molecule is COc1ccc(NC2=C(c3ccc(C)cc3)C(=O)N(Cc3ccc(F)cc3)C2=O)cc1OC. The van der Waals surface area contributed by atoms with Crippen LogP contribution in [0.4, 0.5) is 10.1 Å². The lowest BCUT2D eigenvalue weighted by Crippen LogP contribution is -2.32. The van der Waals surface area contributed by atoms with Crippen LogP contribution in [-0.4, -0.2) is 30.9 Å². The van der Waals surface area contributed by atoms with Gasteiger partial charge in [0.05, 0.1) is 26.3 Å². The summed E-state index contributed by atoms with van der Waals surface area (Å²) < 4.78 is 23.9. The summed E-state index contributed by atoms with van der Waals surface area (Å²) in [6.45, 7) is 1.98. The van der Waals surface area contributed by atoms with E-state index in [4.69, 9.17) is 9.47 Å². The van der Waals surface area contributed by atoms with E-state index in [1.54, 1.807) is 30.3 Å². The molecule has 2 amide bonds. The Morgan fingerprint density at radius 1 is 0.848 bits per heavy atom. The first-order chi connectivity index (χ1) is 15.9. The van der Waals surface area contributed by atoms with Gasteiger partial charge in [-0.3, -0.25) is 14.5 Å². The Morgan fingerprint density at radius 2 is 1.52 bits per heavy atom. The number of benzene rings is 3. The highest BCUT2D eigenvalue weighted by Gasteiger charge is 2.39. The molecule has 0 saturated heterocycles. The van der Waals surface area contributed by atoms with Crippen LogP contribution in [0.2, 0.25) is 0 Å². The van der Waals surface area contributed by atoms with E-state index < -0.39 is 11.8 Å². The van der Waals surface area contributed by atoms with Gasteiger partial charge in [0.1, 0.15) is 11.5 Å². The second kappa shape index (κ2) is 9.16. The summed E-state index contributed by atoms with van der Waals surface area (Å²) in [5.74, 6) is -0.236. The van der Waals surface area contributed by atoms with Crippen molar-refractivity contribution in [3.05, 3.63) is 94.9 Å². The average Bonchev–Trinajstić information content (AvgIpc) is 3.05. The van der Waals surface area contributed by atoms with E-state index in [9.17, 15) is 14.0 Å². The van der Waals surface area contributed by atoms with Crippen LogP contribution in [0.25, 0.3) is 5.57 Å². The van der Waals surface area contributed by atoms with Gasteiger partial charge in [-0.2, -0.15) is 0 Å². The first-order valence-electron chi connectivity index (χ1n) is 10.3. The number of anilines is 1. The molecule has 1 aliphatic rings. The van der Waals surface area contributed by atoms with Gasteiger partial charge in [-0.25, -0.2) is 4.39 Å². The van der Waals surface area contributed by atoms with Crippen LogP contribution in [0.5, 0.6) is 11.5 Å². The number of carbonyl (C=O) groups is 2. The minimum absolute atomic E-state index is 0.0322. The van der Waals surface area contributed by atoms with Gasteiger partial charge in [-0.1, -0.05) is 42.0 Å². The van der Waals surface area contributed by atoms with Crippen molar-refractivity contribution in [1.82, 2.24) is 4.90 Å². The van der Waals surface area contributed by atoms with Crippen molar-refractivity contribution in [2.45, 2.75) is 13.5 Å². The number of carbonyl (C=O) groups excluding carboxylic acids is 2. The molecule has 0 aliphatic carbocycles. The Hall–Kier alpha value is -4.13. The molecule has 0 aromatic heterocycles.